The summed E-state index contributed by atoms with van der Waals surface area (Å²) in [5.74, 6) is 0.764. The van der Waals surface area contributed by atoms with E-state index in [9.17, 15) is 0 Å². The molecule has 0 saturated heterocycles. The molecule has 1 nitrogen and oxygen atoms in total. The van der Waals surface area contributed by atoms with Crippen molar-refractivity contribution >= 4 is 34.8 Å². The van der Waals surface area contributed by atoms with E-state index in [1.807, 2.05) is 19.1 Å². The van der Waals surface area contributed by atoms with Crippen molar-refractivity contribution < 1.29 is 4.74 Å². The molecule has 2 rings (SSSR count). The third-order valence-corrected chi connectivity index (χ3v) is 4.49. The summed E-state index contributed by atoms with van der Waals surface area (Å²) < 4.78 is 5.02. The highest BCUT2D eigenvalue weighted by Gasteiger charge is 2.63. The van der Waals surface area contributed by atoms with Gasteiger partial charge < -0.3 is 4.74 Å². The molecular formula is C11H13Cl3O. The van der Waals surface area contributed by atoms with E-state index in [4.69, 9.17) is 39.5 Å². The molecule has 84 valence electrons. The summed E-state index contributed by atoms with van der Waals surface area (Å²) in [4.78, 5) is 0. The lowest BCUT2D eigenvalue weighted by atomic mass is 10.1. The van der Waals surface area contributed by atoms with E-state index in [2.05, 4.69) is 0 Å². The summed E-state index contributed by atoms with van der Waals surface area (Å²) in [7, 11) is 0. The summed E-state index contributed by atoms with van der Waals surface area (Å²) >= 11 is 18.0. The Morgan fingerprint density at radius 3 is 2.47 bits per heavy atom. The molecule has 0 amide bonds. The first kappa shape index (κ1) is 11.6. The number of alkyl halides is 2. The van der Waals surface area contributed by atoms with Gasteiger partial charge in [0.05, 0.1) is 11.6 Å². The van der Waals surface area contributed by atoms with Crippen LogP contribution in [0.15, 0.2) is 22.9 Å². The molecule has 0 radical (unpaired) electrons. The Morgan fingerprint density at radius 1 is 1.33 bits per heavy atom. The van der Waals surface area contributed by atoms with Crippen molar-refractivity contribution in [2.24, 2.45) is 5.41 Å². The first-order valence-corrected chi connectivity index (χ1v) is 6.15. The summed E-state index contributed by atoms with van der Waals surface area (Å²) in [6, 6.07) is 0. The highest BCUT2D eigenvalue weighted by atomic mass is 35.5. The average Bonchev–Trinajstić information content (AvgIpc) is 2.65. The Kier molecular flexibility index (Phi) is 3.00. The number of rotatable bonds is 3. The van der Waals surface area contributed by atoms with Crippen molar-refractivity contribution in [3.05, 3.63) is 22.9 Å². The van der Waals surface area contributed by atoms with Gasteiger partial charge in [-0.05, 0) is 25.3 Å². The lowest BCUT2D eigenvalue weighted by molar-refractivity contribution is 0.167. The highest BCUT2D eigenvalue weighted by Crippen LogP contribution is 2.63. The van der Waals surface area contributed by atoms with Crippen molar-refractivity contribution in [3.63, 3.8) is 0 Å². The quantitative estimate of drug-likeness (QED) is 0.689. The van der Waals surface area contributed by atoms with Gasteiger partial charge in [-0.3, -0.25) is 0 Å². The molecule has 1 saturated carbocycles. The Balaban J connectivity index is 1.90. The third kappa shape index (κ3) is 2.30. The number of hydrogen-bond donors (Lipinski definition) is 0. The van der Waals surface area contributed by atoms with Crippen LogP contribution in [0.25, 0.3) is 0 Å². The van der Waals surface area contributed by atoms with Gasteiger partial charge in [0, 0.05) is 5.41 Å². The second-order valence-electron chi connectivity index (χ2n) is 4.43. The van der Waals surface area contributed by atoms with Crippen LogP contribution in [0.4, 0.5) is 0 Å². The van der Waals surface area contributed by atoms with Gasteiger partial charge in [0.1, 0.15) is 10.1 Å². The summed E-state index contributed by atoms with van der Waals surface area (Å²) in [5, 5.41) is 0.695. The maximum Gasteiger partial charge on any atom is 0.133 e. The first-order valence-electron chi connectivity index (χ1n) is 5.01. The van der Waals surface area contributed by atoms with Gasteiger partial charge in [0.2, 0.25) is 0 Å². The van der Waals surface area contributed by atoms with Crippen LogP contribution >= 0.6 is 34.8 Å². The largest absolute Gasteiger partial charge is 0.492 e. The van der Waals surface area contributed by atoms with E-state index in [0.29, 0.717) is 11.6 Å². The van der Waals surface area contributed by atoms with Crippen LogP contribution in [0.2, 0.25) is 0 Å². The minimum Gasteiger partial charge on any atom is -0.492 e. The maximum absolute atomic E-state index is 6.02. The van der Waals surface area contributed by atoms with Gasteiger partial charge in [-0.2, -0.15) is 0 Å². The molecule has 0 aromatic carbocycles. The lowest BCUT2D eigenvalue weighted by Gasteiger charge is -2.17. The van der Waals surface area contributed by atoms with Gasteiger partial charge in [-0.1, -0.05) is 24.6 Å². The molecule has 1 fully saturated rings. The average molecular weight is 268 g/mol. The van der Waals surface area contributed by atoms with Gasteiger partial charge in [0.25, 0.3) is 0 Å². The van der Waals surface area contributed by atoms with E-state index >= 15 is 0 Å². The van der Waals surface area contributed by atoms with Crippen molar-refractivity contribution in [1.82, 2.24) is 0 Å². The second kappa shape index (κ2) is 3.87. The zero-order valence-corrected chi connectivity index (χ0v) is 10.8. The Labute approximate surface area is 105 Å². The molecule has 4 heteroatoms. The first-order chi connectivity index (χ1) is 6.95. The van der Waals surface area contributed by atoms with Crippen molar-refractivity contribution in [2.45, 2.75) is 30.5 Å². The SMILES string of the molecule is CC1(COC2=CCCC=C2Cl)CC1(Cl)Cl. The van der Waals surface area contributed by atoms with Gasteiger partial charge in [-0.25, -0.2) is 0 Å². The van der Waals surface area contributed by atoms with E-state index in [1.54, 1.807) is 0 Å². The fraction of sp³-hybridized carbons (Fsp3) is 0.636. The molecule has 0 aliphatic heterocycles. The molecule has 0 N–H and O–H groups in total. The van der Waals surface area contributed by atoms with Gasteiger partial charge >= 0.3 is 0 Å². The molecule has 2 aliphatic carbocycles. The number of ether oxygens (including phenoxy) is 1. The predicted molar refractivity (Wildman–Crippen MR) is 64.4 cm³/mol. The molecule has 1 unspecified atom stereocenters. The van der Waals surface area contributed by atoms with Crippen LogP contribution in [-0.4, -0.2) is 10.9 Å². The topological polar surface area (TPSA) is 9.23 Å². The lowest BCUT2D eigenvalue weighted by Crippen LogP contribution is -2.13. The summed E-state index contributed by atoms with van der Waals surface area (Å²) in [6.07, 6.45) is 6.73. The van der Waals surface area contributed by atoms with E-state index in [-0.39, 0.29) is 5.41 Å². The molecule has 15 heavy (non-hydrogen) atoms. The third-order valence-electron chi connectivity index (χ3n) is 2.97. The Bertz CT molecular complexity index is 333. The normalized spacial score (nSPS) is 33.1. The van der Waals surface area contributed by atoms with Crippen molar-refractivity contribution in [2.75, 3.05) is 6.61 Å². The molecule has 0 aromatic heterocycles. The fourth-order valence-corrected chi connectivity index (χ4v) is 2.53. The molecule has 0 spiro atoms. The van der Waals surface area contributed by atoms with E-state index in [0.717, 1.165) is 25.0 Å². The van der Waals surface area contributed by atoms with Crippen LogP contribution in [0.1, 0.15) is 26.2 Å². The number of allylic oxidation sites excluding steroid dienone is 3. The van der Waals surface area contributed by atoms with Gasteiger partial charge in [0.15, 0.2) is 0 Å². The number of halogens is 3. The van der Waals surface area contributed by atoms with Crippen LogP contribution in [0, 0.1) is 5.41 Å². The molecule has 0 aromatic rings. The predicted octanol–water partition coefficient (Wildman–Crippen LogP) is 4.39. The smallest absolute Gasteiger partial charge is 0.133 e. The standard InChI is InChI=1S/C11H13Cl3O/c1-10(6-11(10,13)14)7-15-9-5-3-2-4-8(9)12/h4-5H,2-3,6-7H2,1H3. The molecular weight excluding hydrogens is 254 g/mol. The number of hydrogen-bond acceptors (Lipinski definition) is 1. The minimum absolute atomic E-state index is 0.133. The molecule has 2 aliphatic rings. The maximum atomic E-state index is 6.02. The highest BCUT2D eigenvalue weighted by molar-refractivity contribution is 6.51. The van der Waals surface area contributed by atoms with Crippen molar-refractivity contribution in [1.29, 1.82) is 0 Å². The molecule has 0 bridgehead atoms. The minimum atomic E-state index is -0.627. The Hall–Kier alpha value is 0.150. The van der Waals surface area contributed by atoms with Crippen LogP contribution in [0.5, 0.6) is 0 Å². The van der Waals surface area contributed by atoms with E-state index in [1.165, 1.54) is 0 Å². The molecule has 0 heterocycles. The second-order valence-corrected chi connectivity index (χ2v) is 6.32. The van der Waals surface area contributed by atoms with Crippen LogP contribution in [-0.2, 0) is 4.74 Å². The van der Waals surface area contributed by atoms with Crippen LogP contribution in [0.3, 0.4) is 0 Å². The van der Waals surface area contributed by atoms with Crippen molar-refractivity contribution in [3.8, 4) is 0 Å². The summed E-state index contributed by atoms with van der Waals surface area (Å²) in [6.45, 7) is 2.55. The Morgan fingerprint density at radius 2 is 1.93 bits per heavy atom. The zero-order chi connectivity index (χ0) is 11.1. The molecule has 1 atom stereocenters. The van der Waals surface area contributed by atoms with Crippen LogP contribution < -0.4 is 0 Å². The zero-order valence-electron chi connectivity index (χ0n) is 8.53. The van der Waals surface area contributed by atoms with E-state index < -0.39 is 4.33 Å². The fourth-order valence-electron chi connectivity index (χ4n) is 1.59. The van der Waals surface area contributed by atoms with Gasteiger partial charge in [-0.15, -0.1) is 23.2 Å². The monoisotopic (exact) mass is 266 g/mol. The summed E-state index contributed by atoms with van der Waals surface area (Å²) in [5.41, 5.74) is -0.133.